The maximum absolute atomic E-state index is 14.1. The van der Waals surface area contributed by atoms with Crippen molar-refractivity contribution in [3.8, 4) is 0 Å². The molecule has 0 spiro atoms. The molecule has 7 heteroatoms. The lowest BCUT2D eigenvalue weighted by molar-refractivity contribution is 0.135. The molecule has 114 valence electrons. The molecule has 0 radical (unpaired) electrons. The molecule has 1 aromatic carbocycles. The summed E-state index contributed by atoms with van der Waals surface area (Å²) in [5.74, 6) is -1.34. The van der Waals surface area contributed by atoms with Gasteiger partial charge in [0.1, 0.15) is 11.6 Å². The van der Waals surface area contributed by atoms with Crippen molar-refractivity contribution in [2.24, 2.45) is 0 Å². The standard InChI is InChI=1S/C13H17ClF2N2O.ClH/c14-9-1-2-10(15)12(13(9)16)11(3-8-19)18-6-4-17-5-7-18;/h1-2,11,17,19H,3-8H2;1H/t11-;/m0./s1. The van der Waals surface area contributed by atoms with Crippen LogP contribution in [0.4, 0.5) is 8.78 Å². The van der Waals surface area contributed by atoms with Crippen LogP contribution in [0.3, 0.4) is 0 Å². The largest absolute Gasteiger partial charge is 0.396 e. The molecule has 0 aromatic heterocycles. The number of piperazine rings is 1. The normalized spacial score (nSPS) is 17.6. The molecule has 0 saturated carbocycles. The van der Waals surface area contributed by atoms with E-state index in [0.29, 0.717) is 13.1 Å². The molecule has 0 unspecified atom stereocenters. The molecule has 1 heterocycles. The van der Waals surface area contributed by atoms with E-state index in [0.717, 1.165) is 13.1 Å². The highest BCUT2D eigenvalue weighted by Crippen LogP contribution is 2.32. The third-order valence-electron chi connectivity index (χ3n) is 3.41. The summed E-state index contributed by atoms with van der Waals surface area (Å²) in [6, 6.07) is 1.90. The average molecular weight is 327 g/mol. The molecular formula is C13H18Cl2F2N2O. The van der Waals surface area contributed by atoms with Gasteiger partial charge in [0.05, 0.1) is 5.02 Å². The lowest BCUT2D eigenvalue weighted by Crippen LogP contribution is -2.45. The van der Waals surface area contributed by atoms with E-state index in [4.69, 9.17) is 16.7 Å². The minimum atomic E-state index is -0.723. The van der Waals surface area contributed by atoms with Gasteiger partial charge in [-0.2, -0.15) is 0 Å². The van der Waals surface area contributed by atoms with Crippen LogP contribution in [-0.2, 0) is 0 Å². The van der Waals surface area contributed by atoms with Crippen LogP contribution >= 0.6 is 24.0 Å². The first kappa shape index (κ1) is 17.6. The lowest BCUT2D eigenvalue weighted by Gasteiger charge is -2.35. The zero-order valence-electron chi connectivity index (χ0n) is 10.9. The third kappa shape index (κ3) is 3.80. The predicted molar refractivity (Wildman–Crippen MR) is 77.5 cm³/mol. The number of nitrogens with zero attached hydrogens (tertiary/aromatic N) is 1. The number of hydrogen-bond donors (Lipinski definition) is 2. The molecule has 0 amide bonds. The van der Waals surface area contributed by atoms with E-state index in [1.54, 1.807) is 0 Å². The fraction of sp³-hybridized carbons (Fsp3) is 0.538. The third-order valence-corrected chi connectivity index (χ3v) is 3.70. The van der Waals surface area contributed by atoms with E-state index in [2.05, 4.69) is 5.32 Å². The number of aliphatic hydroxyl groups is 1. The number of hydrogen-bond acceptors (Lipinski definition) is 3. The van der Waals surface area contributed by atoms with E-state index >= 15 is 0 Å². The van der Waals surface area contributed by atoms with Gasteiger partial charge in [-0.05, 0) is 18.6 Å². The highest BCUT2D eigenvalue weighted by molar-refractivity contribution is 6.30. The van der Waals surface area contributed by atoms with Gasteiger partial charge in [0.2, 0.25) is 0 Å². The average Bonchev–Trinajstić information content (AvgIpc) is 2.43. The Morgan fingerprint density at radius 3 is 2.55 bits per heavy atom. The van der Waals surface area contributed by atoms with Crippen LogP contribution < -0.4 is 5.32 Å². The maximum atomic E-state index is 14.1. The van der Waals surface area contributed by atoms with Crippen molar-refractivity contribution in [3.63, 3.8) is 0 Å². The van der Waals surface area contributed by atoms with Crippen LogP contribution in [0, 0.1) is 11.6 Å². The van der Waals surface area contributed by atoms with Crippen LogP contribution in [0.15, 0.2) is 12.1 Å². The van der Waals surface area contributed by atoms with Crippen LogP contribution in [0.25, 0.3) is 0 Å². The van der Waals surface area contributed by atoms with Crippen molar-refractivity contribution >= 4 is 24.0 Å². The van der Waals surface area contributed by atoms with E-state index in [1.807, 2.05) is 4.90 Å². The van der Waals surface area contributed by atoms with Gasteiger partial charge in [-0.25, -0.2) is 8.78 Å². The van der Waals surface area contributed by atoms with Crippen LogP contribution in [0.2, 0.25) is 5.02 Å². The van der Waals surface area contributed by atoms with E-state index in [1.165, 1.54) is 12.1 Å². The summed E-state index contributed by atoms with van der Waals surface area (Å²) < 4.78 is 28.0. The molecule has 3 nitrogen and oxygen atoms in total. The first-order chi connectivity index (χ1) is 9.15. The Bertz CT molecular complexity index is 443. The van der Waals surface area contributed by atoms with Gasteiger partial charge in [0, 0.05) is 44.4 Å². The smallest absolute Gasteiger partial charge is 0.149 e. The minimum absolute atomic E-state index is 0. The second-order valence-corrected chi connectivity index (χ2v) is 4.98. The number of halogens is 4. The Kier molecular flexibility index (Phi) is 7.12. The quantitative estimate of drug-likeness (QED) is 0.834. The summed E-state index contributed by atoms with van der Waals surface area (Å²) in [4.78, 5) is 1.98. The summed E-state index contributed by atoms with van der Waals surface area (Å²) in [7, 11) is 0. The van der Waals surface area contributed by atoms with Crippen molar-refractivity contribution in [1.82, 2.24) is 10.2 Å². The van der Waals surface area contributed by atoms with Crippen LogP contribution in [0.1, 0.15) is 18.0 Å². The Balaban J connectivity index is 0.00000200. The SMILES string of the molecule is Cl.OCC[C@@H](c1c(F)ccc(Cl)c1F)N1CCNCC1. The lowest BCUT2D eigenvalue weighted by atomic mass is 10.00. The van der Waals surface area contributed by atoms with Crippen molar-refractivity contribution in [1.29, 1.82) is 0 Å². The molecule has 1 aliphatic heterocycles. The Morgan fingerprint density at radius 1 is 1.30 bits per heavy atom. The topological polar surface area (TPSA) is 35.5 Å². The minimum Gasteiger partial charge on any atom is -0.396 e. The summed E-state index contributed by atoms with van der Waals surface area (Å²) in [6.45, 7) is 2.80. The van der Waals surface area contributed by atoms with Gasteiger partial charge in [0.25, 0.3) is 0 Å². The van der Waals surface area contributed by atoms with Crippen molar-refractivity contribution < 1.29 is 13.9 Å². The zero-order chi connectivity index (χ0) is 13.8. The first-order valence-electron chi connectivity index (χ1n) is 6.34. The van der Waals surface area contributed by atoms with E-state index < -0.39 is 17.7 Å². The number of rotatable bonds is 4. The van der Waals surface area contributed by atoms with Gasteiger partial charge >= 0.3 is 0 Å². The molecule has 1 saturated heterocycles. The Morgan fingerprint density at radius 2 is 1.95 bits per heavy atom. The summed E-state index contributed by atoms with van der Waals surface area (Å²) in [5, 5.41) is 12.3. The maximum Gasteiger partial charge on any atom is 0.149 e. The summed E-state index contributed by atoms with van der Waals surface area (Å²) in [6.07, 6.45) is 0.286. The van der Waals surface area contributed by atoms with E-state index in [-0.39, 0.29) is 36.0 Å². The van der Waals surface area contributed by atoms with Gasteiger partial charge < -0.3 is 10.4 Å². The molecule has 1 aliphatic rings. The molecule has 1 atom stereocenters. The molecular weight excluding hydrogens is 309 g/mol. The molecule has 2 N–H and O–H groups in total. The Hall–Kier alpha value is -0.460. The number of aliphatic hydroxyl groups excluding tert-OH is 1. The summed E-state index contributed by atoms with van der Waals surface area (Å²) >= 11 is 5.73. The van der Waals surface area contributed by atoms with Gasteiger partial charge in [0.15, 0.2) is 0 Å². The fourth-order valence-corrected chi connectivity index (χ4v) is 2.64. The second kappa shape index (κ2) is 8.10. The zero-order valence-corrected chi connectivity index (χ0v) is 12.5. The van der Waals surface area contributed by atoms with Crippen molar-refractivity contribution in [2.75, 3.05) is 32.8 Å². The molecule has 0 bridgehead atoms. The van der Waals surface area contributed by atoms with E-state index in [9.17, 15) is 8.78 Å². The fourth-order valence-electron chi connectivity index (χ4n) is 2.47. The first-order valence-corrected chi connectivity index (χ1v) is 6.72. The molecule has 2 rings (SSSR count). The second-order valence-electron chi connectivity index (χ2n) is 4.57. The highest BCUT2D eigenvalue weighted by Gasteiger charge is 2.28. The molecule has 1 fully saturated rings. The Labute approximate surface area is 128 Å². The highest BCUT2D eigenvalue weighted by atomic mass is 35.5. The van der Waals surface area contributed by atoms with Gasteiger partial charge in [-0.15, -0.1) is 12.4 Å². The predicted octanol–water partition coefficient (Wildman–Crippen LogP) is 2.37. The molecule has 0 aliphatic carbocycles. The monoisotopic (exact) mass is 326 g/mol. The van der Waals surface area contributed by atoms with Gasteiger partial charge in [-0.3, -0.25) is 4.90 Å². The van der Waals surface area contributed by atoms with Gasteiger partial charge in [-0.1, -0.05) is 11.6 Å². The number of nitrogens with one attached hydrogen (secondary N) is 1. The molecule has 20 heavy (non-hydrogen) atoms. The van der Waals surface area contributed by atoms with Crippen LogP contribution in [-0.4, -0.2) is 42.8 Å². The van der Waals surface area contributed by atoms with Crippen molar-refractivity contribution in [3.05, 3.63) is 34.4 Å². The number of benzene rings is 1. The van der Waals surface area contributed by atoms with Crippen LogP contribution in [0.5, 0.6) is 0 Å². The summed E-state index contributed by atoms with van der Waals surface area (Å²) in [5.41, 5.74) is -0.0385. The molecule has 1 aromatic rings. The van der Waals surface area contributed by atoms with Crippen molar-refractivity contribution in [2.45, 2.75) is 12.5 Å².